The highest BCUT2D eigenvalue weighted by Gasteiger charge is 2.15. The predicted octanol–water partition coefficient (Wildman–Crippen LogP) is 1.08. The first-order chi connectivity index (χ1) is 6.02. The molecule has 72 valence electrons. The number of nitrogens with two attached hydrogens (primary N) is 1. The van der Waals surface area contributed by atoms with Crippen LogP contribution in [0.25, 0.3) is 0 Å². The van der Waals surface area contributed by atoms with E-state index < -0.39 is 6.10 Å². The zero-order chi connectivity index (χ0) is 10.0. The van der Waals surface area contributed by atoms with Crippen molar-refractivity contribution in [3.05, 3.63) is 29.3 Å². The van der Waals surface area contributed by atoms with Gasteiger partial charge < -0.3 is 15.9 Å². The van der Waals surface area contributed by atoms with Crippen LogP contribution in [0, 0.1) is 6.92 Å². The number of benzene rings is 1. The van der Waals surface area contributed by atoms with Gasteiger partial charge in [-0.2, -0.15) is 0 Å². The van der Waals surface area contributed by atoms with Gasteiger partial charge >= 0.3 is 0 Å². The van der Waals surface area contributed by atoms with Gasteiger partial charge in [-0.15, -0.1) is 0 Å². The van der Waals surface area contributed by atoms with Gasteiger partial charge in [0, 0.05) is 11.6 Å². The van der Waals surface area contributed by atoms with Gasteiger partial charge in [-0.25, -0.2) is 0 Å². The summed E-state index contributed by atoms with van der Waals surface area (Å²) in [7, 11) is 0. The molecule has 1 aromatic rings. The van der Waals surface area contributed by atoms with Crippen molar-refractivity contribution in [2.24, 2.45) is 5.73 Å². The monoisotopic (exact) mass is 181 g/mol. The van der Waals surface area contributed by atoms with Gasteiger partial charge in [0.1, 0.15) is 5.75 Å². The van der Waals surface area contributed by atoms with E-state index in [1.807, 2.05) is 6.92 Å². The Labute approximate surface area is 77.8 Å². The Morgan fingerprint density at radius 2 is 2.00 bits per heavy atom. The Balaban J connectivity index is 3.05. The molecule has 0 aromatic heterocycles. The smallest absolute Gasteiger partial charge is 0.121 e. The lowest BCUT2D eigenvalue weighted by Crippen LogP contribution is -2.24. The first-order valence-corrected chi connectivity index (χ1v) is 4.25. The van der Waals surface area contributed by atoms with Crippen LogP contribution >= 0.6 is 0 Å². The molecule has 0 fully saturated rings. The van der Waals surface area contributed by atoms with E-state index in [0.29, 0.717) is 5.56 Å². The number of rotatable bonds is 2. The maximum Gasteiger partial charge on any atom is 0.121 e. The molecule has 4 N–H and O–H groups in total. The number of phenols is 1. The Bertz CT molecular complexity index is 297. The number of aliphatic hydroxyl groups excluding tert-OH is 1. The largest absolute Gasteiger partial charge is 0.508 e. The van der Waals surface area contributed by atoms with E-state index >= 15 is 0 Å². The van der Waals surface area contributed by atoms with Crippen LogP contribution in [0.5, 0.6) is 5.75 Å². The van der Waals surface area contributed by atoms with Gasteiger partial charge in [0.25, 0.3) is 0 Å². The van der Waals surface area contributed by atoms with Gasteiger partial charge in [-0.05, 0) is 26.0 Å². The minimum absolute atomic E-state index is 0.0930. The minimum atomic E-state index is -0.806. The van der Waals surface area contributed by atoms with Crippen LogP contribution in [0.2, 0.25) is 0 Å². The van der Waals surface area contributed by atoms with Gasteiger partial charge in [0.15, 0.2) is 0 Å². The summed E-state index contributed by atoms with van der Waals surface area (Å²) in [5.74, 6) is 0.0930. The van der Waals surface area contributed by atoms with E-state index in [2.05, 4.69) is 0 Å². The number of hydrogen-bond donors (Lipinski definition) is 3. The number of aromatic hydroxyl groups is 1. The molecule has 0 heterocycles. The third-order valence-corrected chi connectivity index (χ3v) is 2.00. The van der Waals surface area contributed by atoms with Gasteiger partial charge in [-0.3, -0.25) is 0 Å². The molecule has 0 aliphatic carbocycles. The van der Waals surface area contributed by atoms with Crippen LogP contribution in [-0.4, -0.2) is 16.3 Å². The molecule has 2 unspecified atom stereocenters. The number of phenolic OH excluding ortho intramolecular Hbond substituents is 1. The lowest BCUT2D eigenvalue weighted by Gasteiger charge is -2.16. The normalized spacial score (nSPS) is 15.4. The molecule has 3 nitrogen and oxygen atoms in total. The zero-order valence-corrected chi connectivity index (χ0v) is 7.86. The van der Waals surface area contributed by atoms with Crippen molar-refractivity contribution >= 4 is 0 Å². The summed E-state index contributed by atoms with van der Waals surface area (Å²) in [6.07, 6.45) is -0.806. The molecule has 3 heteroatoms. The highest BCUT2D eigenvalue weighted by Crippen LogP contribution is 2.26. The summed E-state index contributed by atoms with van der Waals surface area (Å²) < 4.78 is 0. The second kappa shape index (κ2) is 3.77. The molecule has 1 aromatic carbocycles. The molecule has 2 atom stereocenters. The van der Waals surface area contributed by atoms with Crippen LogP contribution in [0.3, 0.4) is 0 Å². The van der Waals surface area contributed by atoms with Gasteiger partial charge in [-0.1, -0.05) is 11.6 Å². The third kappa shape index (κ3) is 2.20. The fourth-order valence-electron chi connectivity index (χ4n) is 1.19. The van der Waals surface area contributed by atoms with Crippen LogP contribution in [0.4, 0.5) is 0 Å². The quantitative estimate of drug-likeness (QED) is 0.639. The average molecular weight is 181 g/mol. The zero-order valence-electron chi connectivity index (χ0n) is 7.86. The summed E-state index contributed by atoms with van der Waals surface area (Å²) in [6.45, 7) is 3.60. The Hall–Kier alpha value is -1.06. The van der Waals surface area contributed by atoms with E-state index in [9.17, 15) is 10.2 Å². The second-order valence-electron chi connectivity index (χ2n) is 3.37. The summed E-state index contributed by atoms with van der Waals surface area (Å²) >= 11 is 0. The Morgan fingerprint density at radius 3 is 2.54 bits per heavy atom. The van der Waals surface area contributed by atoms with Crippen molar-refractivity contribution in [2.45, 2.75) is 26.0 Å². The summed E-state index contributed by atoms with van der Waals surface area (Å²) in [5.41, 5.74) is 7.01. The van der Waals surface area contributed by atoms with Crippen molar-refractivity contribution in [3.8, 4) is 5.75 Å². The molecule has 0 bridgehead atoms. The third-order valence-electron chi connectivity index (χ3n) is 2.00. The molecule has 0 saturated heterocycles. The highest BCUT2D eigenvalue weighted by molar-refractivity contribution is 5.37. The van der Waals surface area contributed by atoms with Crippen LogP contribution in [-0.2, 0) is 0 Å². The molecular weight excluding hydrogens is 166 g/mol. The molecule has 0 spiro atoms. The standard InChI is InChI=1S/C10H15NO2/c1-6-3-4-9(12)8(5-6)10(13)7(2)11/h3-5,7,10,12-13H,11H2,1-2H3. The molecule has 0 amide bonds. The molecule has 0 saturated carbocycles. The van der Waals surface area contributed by atoms with Crippen molar-refractivity contribution in [3.63, 3.8) is 0 Å². The maximum atomic E-state index is 9.62. The lowest BCUT2D eigenvalue weighted by atomic mass is 10.0. The van der Waals surface area contributed by atoms with Crippen LogP contribution in [0.1, 0.15) is 24.2 Å². The topological polar surface area (TPSA) is 66.5 Å². The number of aryl methyl sites for hydroxylation is 1. The van der Waals surface area contributed by atoms with E-state index in [0.717, 1.165) is 5.56 Å². The molecule has 0 aliphatic heterocycles. The molecular formula is C10H15NO2. The lowest BCUT2D eigenvalue weighted by molar-refractivity contribution is 0.150. The van der Waals surface area contributed by atoms with Crippen LogP contribution < -0.4 is 5.73 Å². The van der Waals surface area contributed by atoms with E-state index in [-0.39, 0.29) is 11.8 Å². The molecule has 1 rings (SSSR count). The van der Waals surface area contributed by atoms with Crippen molar-refractivity contribution < 1.29 is 10.2 Å². The Kier molecular flexibility index (Phi) is 2.90. The minimum Gasteiger partial charge on any atom is -0.508 e. The fraction of sp³-hybridized carbons (Fsp3) is 0.400. The summed E-state index contributed by atoms with van der Waals surface area (Å²) in [6, 6.07) is 4.71. The average Bonchev–Trinajstić information content (AvgIpc) is 2.08. The fourth-order valence-corrected chi connectivity index (χ4v) is 1.19. The van der Waals surface area contributed by atoms with Crippen molar-refractivity contribution in [2.75, 3.05) is 0 Å². The van der Waals surface area contributed by atoms with Crippen molar-refractivity contribution in [1.82, 2.24) is 0 Å². The first-order valence-electron chi connectivity index (χ1n) is 4.25. The van der Waals surface area contributed by atoms with Gasteiger partial charge in [0.05, 0.1) is 6.10 Å². The first kappa shape index (κ1) is 10.0. The van der Waals surface area contributed by atoms with Crippen LogP contribution in [0.15, 0.2) is 18.2 Å². The number of aliphatic hydroxyl groups is 1. The van der Waals surface area contributed by atoms with Crippen molar-refractivity contribution in [1.29, 1.82) is 0 Å². The molecule has 13 heavy (non-hydrogen) atoms. The maximum absolute atomic E-state index is 9.62. The van der Waals surface area contributed by atoms with E-state index in [1.54, 1.807) is 25.1 Å². The van der Waals surface area contributed by atoms with E-state index in [4.69, 9.17) is 5.73 Å². The molecule has 0 aliphatic rings. The summed E-state index contributed by atoms with van der Waals surface area (Å²) in [4.78, 5) is 0. The predicted molar refractivity (Wildman–Crippen MR) is 51.5 cm³/mol. The van der Waals surface area contributed by atoms with E-state index in [1.165, 1.54) is 0 Å². The summed E-state index contributed by atoms with van der Waals surface area (Å²) in [5, 5.41) is 19.1. The number of hydrogen-bond acceptors (Lipinski definition) is 3. The second-order valence-corrected chi connectivity index (χ2v) is 3.37. The highest BCUT2D eigenvalue weighted by atomic mass is 16.3. The SMILES string of the molecule is Cc1ccc(O)c(C(O)C(C)N)c1. The molecule has 0 radical (unpaired) electrons. The Morgan fingerprint density at radius 1 is 1.38 bits per heavy atom. The van der Waals surface area contributed by atoms with Gasteiger partial charge in [0.2, 0.25) is 0 Å².